The first kappa shape index (κ1) is 12.7. The van der Waals surface area contributed by atoms with Crippen LogP contribution in [0.4, 0.5) is 0 Å². The van der Waals surface area contributed by atoms with Crippen LogP contribution in [0.15, 0.2) is 0 Å². The molecule has 1 saturated heterocycles. The van der Waals surface area contributed by atoms with Crippen molar-refractivity contribution < 1.29 is 4.79 Å². The molecule has 1 aliphatic rings. The lowest BCUT2D eigenvalue weighted by molar-refractivity contribution is -0.120. The molecule has 1 aliphatic heterocycles. The van der Waals surface area contributed by atoms with E-state index in [1.165, 1.54) is 19.3 Å². The lowest BCUT2D eigenvalue weighted by atomic mass is 9.88. The zero-order valence-corrected chi connectivity index (χ0v) is 10.5. The summed E-state index contributed by atoms with van der Waals surface area (Å²) in [5.74, 6) is 2.11. The van der Waals surface area contributed by atoms with E-state index in [1.54, 1.807) is 0 Å². The molecule has 0 unspecified atom stereocenters. The molecule has 0 spiro atoms. The number of Topliss-reactive ketones (excluding diaryl/α,β-unsaturated/α-hetero) is 1. The van der Waals surface area contributed by atoms with Gasteiger partial charge in [0, 0.05) is 6.42 Å². The molecule has 0 amide bonds. The second kappa shape index (κ2) is 6.26. The van der Waals surface area contributed by atoms with Gasteiger partial charge in [-0.15, -0.1) is 0 Å². The van der Waals surface area contributed by atoms with Crippen molar-refractivity contribution >= 4 is 5.78 Å². The third kappa shape index (κ3) is 4.78. The van der Waals surface area contributed by atoms with Gasteiger partial charge in [-0.1, -0.05) is 20.8 Å². The maximum Gasteiger partial charge on any atom is 0.146 e. The Bertz CT molecular complexity index is 193. The van der Waals surface area contributed by atoms with Crippen LogP contribution in [0.3, 0.4) is 0 Å². The smallest absolute Gasteiger partial charge is 0.146 e. The zero-order valence-electron chi connectivity index (χ0n) is 10.5. The van der Waals surface area contributed by atoms with E-state index in [0.29, 0.717) is 18.7 Å². The van der Waals surface area contributed by atoms with Gasteiger partial charge in [-0.3, -0.25) is 9.69 Å². The van der Waals surface area contributed by atoms with Crippen molar-refractivity contribution in [2.24, 2.45) is 11.8 Å². The molecule has 0 saturated carbocycles. The van der Waals surface area contributed by atoms with Crippen LogP contribution < -0.4 is 0 Å². The van der Waals surface area contributed by atoms with Crippen LogP contribution in [0.5, 0.6) is 0 Å². The molecule has 0 N–H and O–H groups in total. The number of hydrogen-bond donors (Lipinski definition) is 0. The molecule has 0 atom stereocenters. The first-order valence-electron chi connectivity index (χ1n) is 6.35. The molecule has 1 fully saturated rings. The van der Waals surface area contributed by atoms with Gasteiger partial charge in [-0.05, 0) is 44.2 Å². The molecule has 0 aromatic carbocycles. The summed E-state index contributed by atoms with van der Waals surface area (Å²) in [7, 11) is 0. The largest absolute Gasteiger partial charge is 0.298 e. The Hall–Kier alpha value is -0.370. The lowest BCUT2D eigenvalue weighted by Crippen LogP contribution is -2.37. The van der Waals surface area contributed by atoms with Crippen LogP contribution in [0, 0.1) is 11.8 Å². The maximum absolute atomic E-state index is 11.3. The standard InChI is InChI=1S/C13H25NO/c1-4-13(15)10-14-7-5-12(6-8-14)9-11(2)3/h11-12H,4-10H2,1-3H3. The van der Waals surface area contributed by atoms with Crippen LogP contribution in [0.2, 0.25) is 0 Å². The minimum absolute atomic E-state index is 0.386. The van der Waals surface area contributed by atoms with E-state index in [1.807, 2.05) is 6.92 Å². The molecule has 2 heteroatoms. The monoisotopic (exact) mass is 211 g/mol. The molecule has 0 aromatic rings. The summed E-state index contributed by atoms with van der Waals surface area (Å²) in [4.78, 5) is 13.6. The van der Waals surface area contributed by atoms with Crippen LogP contribution in [-0.2, 0) is 4.79 Å². The molecule has 15 heavy (non-hydrogen) atoms. The third-order valence-corrected chi connectivity index (χ3v) is 3.31. The second-order valence-electron chi connectivity index (χ2n) is 5.24. The normalized spacial score (nSPS) is 19.7. The highest BCUT2D eigenvalue weighted by Gasteiger charge is 2.20. The number of carbonyl (C=O) groups excluding carboxylic acids is 1. The van der Waals surface area contributed by atoms with E-state index in [4.69, 9.17) is 0 Å². The van der Waals surface area contributed by atoms with Crippen molar-refractivity contribution in [2.45, 2.75) is 46.5 Å². The topological polar surface area (TPSA) is 20.3 Å². The predicted octanol–water partition coefficient (Wildman–Crippen LogP) is 2.72. The first-order chi connectivity index (χ1) is 7.11. The summed E-state index contributed by atoms with van der Waals surface area (Å²) in [6, 6.07) is 0. The van der Waals surface area contributed by atoms with Gasteiger partial charge in [0.1, 0.15) is 5.78 Å². The third-order valence-electron chi connectivity index (χ3n) is 3.31. The van der Waals surface area contributed by atoms with Gasteiger partial charge in [0.25, 0.3) is 0 Å². The number of likely N-dealkylation sites (tertiary alicyclic amines) is 1. The number of nitrogens with zero attached hydrogens (tertiary/aromatic N) is 1. The lowest BCUT2D eigenvalue weighted by Gasteiger charge is -2.32. The highest BCUT2D eigenvalue weighted by molar-refractivity contribution is 5.80. The SMILES string of the molecule is CCC(=O)CN1CCC(CC(C)C)CC1. The number of hydrogen-bond acceptors (Lipinski definition) is 2. The van der Waals surface area contributed by atoms with E-state index < -0.39 is 0 Å². The fourth-order valence-electron chi connectivity index (χ4n) is 2.41. The molecule has 0 radical (unpaired) electrons. The number of carbonyl (C=O) groups is 1. The van der Waals surface area contributed by atoms with Crippen molar-refractivity contribution in [3.05, 3.63) is 0 Å². The molecule has 0 bridgehead atoms. The number of ketones is 1. The van der Waals surface area contributed by atoms with Crippen LogP contribution in [-0.4, -0.2) is 30.3 Å². The summed E-state index contributed by atoms with van der Waals surface area (Å²) in [5.41, 5.74) is 0. The summed E-state index contributed by atoms with van der Waals surface area (Å²) in [5, 5.41) is 0. The van der Waals surface area contributed by atoms with Gasteiger partial charge in [0.15, 0.2) is 0 Å². The molecule has 1 rings (SSSR count). The van der Waals surface area contributed by atoms with Gasteiger partial charge in [-0.25, -0.2) is 0 Å². The van der Waals surface area contributed by atoms with Crippen LogP contribution in [0.1, 0.15) is 46.5 Å². The highest BCUT2D eigenvalue weighted by Crippen LogP contribution is 2.23. The average molecular weight is 211 g/mol. The summed E-state index contributed by atoms with van der Waals surface area (Å²) in [6.07, 6.45) is 4.62. The van der Waals surface area contributed by atoms with Crippen molar-refractivity contribution in [3.63, 3.8) is 0 Å². The molecule has 2 nitrogen and oxygen atoms in total. The van der Waals surface area contributed by atoms with Crippen molar-refractivity contribution in [3.8, 4) is 0 Å². The van der Waals surface area contributed by atoms with Crippen LogP contribution >= 0.6 is 0 Å². The molecule has 0 aromatic heterocycles. The Balaban J connectivity index is 2.20. The molecule has 88 valence electrons. The fourth-order valence-corrected chi connectivity index (χ4v) is 2.41. The Morgan fingerprint density at radius 2 is 1.93 bits per heavy atom. The van der Waals surface area contributed by atoms with Gasteiger partial charge in [0.2, 0.25) is 0 Å². The summed E-state index contributed by atoms with van der Waals surface area (Å²) in [6.45, 7) is 9.49. The maximum atomic E-state index is 11.3. The first-order valence-corrected chi connectivity index (χ1v) is 6.35. The Labute approximate surface area is 94.0 Å². The van der Waals surface area contributed by atoms with Crippen molar-refractivity contribution in [1.29, 1.82) is 0 Å². The van der Waals surface area contributed by atoms with E-state index >= 15 is 0 Å². The van der Waals surface area contributed by atoms with Crippen molar-refractivity contribution in [2.75, 3.05) is 19.6 Å². The van der Waals surface area contributed by atoms with Gasteiger partial charge < -0.3 is 0 Å². The van der Waals surface area contributed by atoms with Gasteiger partial charge in [-0.2, -0.15) is 0 Å². The highest BCUT2D eigenvalue weighted by atomic mass is 16.1. The molecular weight excluding hydrogens is 186 g/mol. The minimum atomic E-state index is 0.386. The number of rotatable bonds is 5. The molecular formula is C13H25NO. The van der Waals surface area contributed by atoms with Crippen molar-refractivity contribution in [1.82, 2.24) is 4.90 Å². The van der Waals surface area contributed by atoms with E-state index in [0.717, 1.165) is 24.9 Å². The van der Waals surface area contributed by atoms with Gasteiger partial charge in [0.05, 0.1) is 6.54 Å². The Morgan fingerprint density at radius 1 is 1.33 bits per heavy atom. The van der Waals surface area contributed by atoms with E-state index in [2.05, 4.69) is 18.7 Å². The van der Waals surface area contributed by atoms with E-state index in [9.17, 15) is 4.79 Å². The van der Waals surface area contributed by atoms with Gasteiger partial charge >= 0.3 is 0 Å². The quantitative estimate of drug-likeness (QED) is 0.697. The van der Waals surface area contributed by atoms with E-state index in [-0.39, 0.29) is 0 Å². The Morgan fingerprint density at radius 3 is 2.40 bits per heavy atom. The predicted molar refractivity (Wildman–Crippen MR) is 63.9 cm³/mol. The molecule has 0 aliphatic carbocycles. The summed E-state index contributed by atoms with van der Waals surface area (Å²) < 4.78 is 0. The average Bonchev–Trinajstić information content (AvgIpc) is 2.20. The summed E-state index contributed by atoms with van der Waals surface area (Å²) >= 11 is 0. The molecule has 1 heterocycles. The number of piperidine rings is 1. The van der Waals surface area contributed by atoms with Crippen LogP contribution in [0.25, 0.3) is 0 Å². The fraction of sp³-hybridized carbons (Fsp3) is 0.923. The Kier molecular flexibility index (Phi) is 5.30. The zero-order chi connectivity index (χ0) is 11.3. The second-order valence-corrected chi connectivity index (χ2v) is 5.24. The minimum Gasteiger partial charge on any atom is -0.298 e.